The highest BCUT2D eigenvalue weighted by Gasteiger charge is 2.63. The Labute approximate surface area is 190 Å². The number of pyridine rings is 1. The molecule has 0 saturated carbocycles. The van der Waals surface area contributed by atoms with E-state index in [2.05, 4.69) is 17.1 Å². The molecule has 1 fully saturated rings. The molecule has 0 aliphatic carbocycles. The molecule has 0 bridgehead atoms. The second kappa shape index (κ2) is 7.64. The van der Waals surface area contributed by atoms with Crippen molar-refractivity contribution in [2.75, 3.05) is 4.90 Å². The van der Waals surface area contributed by atoms with Crippen LogP contribution in [0.2, 0.25) is 5.02 Å². The zero-order valence-electron chi connectivity index (χ0n) is 16.9. The molecule has 2 aliphatic heterocycles. The van der Waals surface area contributed by atoms with E-state index in [4.69, 9.17) is 11.6 Å². The predicted molar refractivity (Wildman–Crippen MR) is 122 cm³/mol. The Balaban J connectivity index is 1.78. The molecular formula is C26H17ClN4O. The number of rotatable bonds is 3. The lowest BCUT2D eigenvalue weighted by atomic mass is 9.69. The molecule has 32 heavy (non-hydrogen) atoms. The Morgan fingerprint density at radius 2 is 1.69 bits per heavy atom. The fourth-order valence-corrected chi connectivity index (χ4v) is 5.09. The monoisotopic (exact) mass is 436 g/mol. The van der Waals surface area contributed by atoms with Crippen LogP contribution in [0.1, 0.15) is 27.4 Å². The van der Waals surface area contributed by atoms with Crippen LogP contribution in [0.5, 0.6) is 0 Å². The second-order valence-electron chi connectivity index (χ2n) is 7.94. The number of para-hydroxylation sites is 1. The standard InChI is InChI=1S/C26H17ClN4O/c27-20-8-5-19(6-9-20)25(32)24-23(18-11-13-30-14-12-18)26(15-28,16-29)22-10-7-17-3-1-2-4-21(17)31(22)24/h1-14,22-24H/t22-,23+,24+/m0/s1. The van der Waals surface area contributed by atoms with Crippen LogP contribution in [0.15, 0.2) is 79.1 Å². The van der Waals surface area contributed by atoms with E-state index in [0.29, 0.717) is 10.6 Å². The highest BCUT2D eigenvalue weighted by Crippen LogP contribution is 2.55. The molecule has 0 N–H and O–H groups in total. The van der Waals surface area contributed by atoms with Gasteiger partial charge in [-0.15, -0.1) is 0 Å². The van der Waals surface area contributed by atoms with E-state index in [1.165, 1.54) is 0 Å². The Morgan fingerprint density at radius 1 is 1.00 bits per heavy atom. The van der Waals surface area contributed by atoms with Crippen molar-refractivity contribution in [2.24, 2.45) is 5.41 Å². The van der Waals surface area contributed by atoms with E-state index in [1.807, 2.05) is 41.3 Å². The zero-order chi connectivity index (χ0) is 22.3. The number of ketones is 1. The van der Waals surface area contributed by atoms with Crippen molar-refractivity contribution in [3.63, 3.8) is 0 Å². The van der Waals surface area contributed by atoms with Crippen molar-refractivity contribution in [3.8, 4) is 12.1 Å². The first-order valence-electron chi connectivity index (χ1n) is 10.2. The molecule has 2 aromatic carbocycles. The lowest BCUT2D eigenvalue weighted by Crippen LogP contribution is -2.44. The van der Waals surface area contributed by atoms with Crippen molar-refractivity contribution < 1.29 is 4.79 Å². The summed E-state index contributed by atoms with van der Waals surface area (Å²) in [5.74, 6) is -0.838. The lowest BCUT2D eigenvalue weighted by molar-refractivity contribution is 0.0951. The molecule has 1 saturated heterocycles. The van der Waals surface area contributed by atoms with Gasteiger partial charge in [0.05, 0.1) is 18.2 Å². The number of nitrogens with zero attached hydrogens (tertiary/aromatic N) is 4. The summed E-state index contributed by atoms with van der Waals surface area (Å²) in [5, 5.41) is 21.3. The summed E-state index contributed by atoms with van der Waals surface area (Å²) in [6.07, 6.45) is 7.05. The van der Waals surface area contributed by atoms with Crippen molar-refractivity contribution in [2.45, 2.75) is 18.0 Å². The fraction of sp³-hybridized carbons (Fsp3) is 0.154. The van der Waals surface area contributed by atoms with Gasteiger partial charge in [0.15, 0.2) is 11.2 Å². The van der Waals surface area contributed by atoms with Crippen LogP contribution >= 0.6 is 11.6 Å². The third kappa shape index (κ3) is 2.83. The van der Waals surface area contributed by atoms with E-state index >= 15 is 0 Å². The molecule has 5 rings (SSSR count). The lowest BCUT2D eigenvalue weighted by Gasteiger charge is -2.35. The summed E-state index contributed by atoms with van der Waals surface area (Å²) in [7, 11) is 0. The highest BCUT2D eigenvalue weighted by atomic mass is 35.5. The molecule has 3 atom stereocenters. The number of nitriles is 2. The van der Waals surface area contributed by atoms with Crippen LogP contribution in [-0.4, -0.2) is 22.9 Å². The van der Waals surface area contributed by atoms with Gasteiger partial charge in [-0.25, -0.2) is 0 Å². The smallest absolute Gasteiger partial charge is 0.185 e. The first-order chi connectivity index (χ1) is 15.6. The number of fused-ring (bicyclic) bond motifs is 3. The maximum Gasteiger partial charge on any atom is 0.185 e. The van der Waals surface area contributed by atoms with Crippen molar-refractivity contribution in [1.29, 1.82) is 10.5 Å². The molecule has 154 valence electrons. The first-order valence-corrected chi connectivity index (χ1v) is 10.6. The molecule has 0 amide bonds. The molecule has 6 heteroatoms. The number of carbonyl (C=O) groups is 1. The topological polar surface area (TPSA) is 80.8 Å². The summed E-state index contributed by atoms with van der Waals surface area (Å²) in [6.45, 7) is 0. The van der Waals surface area contributed by atoms with Gasteiger partial charge >= 0.3 is 0 Å². The van der Waals surface area contributed by atoms with E-state index in [-0.39, 0.29) is 5.78 Å². The summed E-state index contributed by atoms with van der Waals surface area (Å²) in [4.78, 5) is 20.0. The number of anilines is 1. The highest BCUT2D eigenvalue weighted by molar-refractivity contribution is 6.30. The van der Waals surface area contributed by atoms with Crippen LogP contribution in [-0.2, 0) is 0 Å². The van der Waals surface area contributed by atoms with Crippen molar-refractivity contribution in [3.05, 3.63) is 101 Å². The number of hydrogen-bond donors (Lipinski definition) is 0. The van der Waals surface area contributed by atoms with Crippen LogP contribution in [0.4, 0.5) is 5.69 Å². The maximum absolute atomic E-state index is 14.0. The molecule has 0 spiro atoms. The van der Waals surface area contributed by atoms with E-state index < -0.39 is 23.4 Å². The Morgan fingerprint density at radius 3 is 2.38 bits per heavy atom. The van der Waals surface area contributed by atoms with Gasteiger partial charge in [-0.05, 0) is 53.6 Å². The summed E-state index contributed by atoms with van der Waals surface area (Å²) >= 11 is 6.04. The van der Waals surface area contributed by atoms with Crippen molar-refractivity contribution >= 4 is 29.1 Å². The van der Waals surface area contributed by atoms with Crippen molar-refractivity contribution in [1.82, 2.24) is 4.98 Å². The fourth-order valence-electron chi connectivity index (χ4n) is 4.96. The Bertz CT molecular complexity index is 1290. The quantitative estimate of drug-likeness (QED) is 0.538. The summed E-state index contributed by atoms with van der Waals surface area (Å²) in [6, 6.07) is 21.3. The number of hydrogen-bond acceptors (Lipinski definition) is 5. The van der Waals surface area contributed by atoms with Gasteiger partial charge in [-0.2, -0.15) is 10.5 Å². The number of aromatic nitrogens is 1. The SMILES string of the molecule is N#CC1(C#N)[C@H](c2ccncc2)[C@H](C(=O)c2ccc(Cl)cc2)N2c3ccccc3C=C[C@H]21. The van der Waals surface area contributed by atoms with Gasteiger partial charge in [-0.3, -0.25) is 9.78 Å². The van der Waals surface area contributed by atoms with Gasteiger partial charge in [0.25, 0.3) is 0 Å². The van der Waals surface area contributed by atoms with Gasteiger partial charge < -0.3 is 4.90 Å². The van der Waals surface area contributed by atoms with Gasteiger partial charge in [0.1, 0.15) is 6.04 Å². The molecule has 1 aromatic heterocycles. The van der Waals surface area contributed by atoms with Gasteiger partial charge in [0, 0.05) is 34.6 Å². The Hall–Kier alpha value is -3.93. The van der Waals surface area contributed by atoms with E-state index in [1.54, 1.807) is 48.8 Å². The molecule has 5 nitrogen and oxygen atoms in total. The van der Waals surface area contributed by atoms with Gasteiger partial charge in [-0.1, -0.05) is 42.0 Å². The number of carbonyl (C=O) groups excluding carboxylic acids is 1. The predicted octanol–water partition coefficient (Wildman–Crippen LogP) is 5.02. The van der Waals surface area contributed by atoms with Gasteiger partial charge in [0.2, 0.25) is 0 Å². The molecular weight excluding hydrogens is 420 g/mol. The molecule has 0 unspecified atom stereocenters. The number of benzene rings is 2. The van der Waals surface area contributed by atoms with Crippen LogP contribution in [0.25, 0.3) is 6.08 Å². The minimum atomic E-state index is -1.46. The summed E-state index contributed by atoms with van der Waals surface area (Å²) < 4.78 is 0. The first kappa shape index (κ1) is 20.0. The molecule has 3 heterocycles. The molecule has 3 aromatic rings. The molecule has 0 radical (unpaired) electrons. The summed E-state index contributed by atoms with van der Waals surface area (Å²) in [5.41, 5.74) is 1.53. The van der Waals surface area contributed by atoms with Crippen LogP contribution in [0.3, 0.4) is 0 Å². The van der Waals surface area contributed by atoms with Crippen LogP contribution < -0.4 is 4.90 Å². The Kier molecular flexibility index (Phi) is 4.78. The minimum absolute atomic E-state index is 0.161. The zero-order valence-corrected chi connectivity index (χ0v) is 17.6. The second-order valence-corrected chi connectivity index (χ2v) is 8.37. The maximum atomic E-state index is 14.0. The largest absolute Gasteiger partial charge is 0.351 e. The minimum Gasteiger partial charge on any atom is -0.351 e. The van der Waals surface area contributed by atoms with Crippen LogP contribution in [0, 0.1) is 28.1 Å². The number of Topliss-reactive ketones (excluding diaryl/α,β-unsaturated/α-hetero) is 1. The third-order valence-electron chi connectivity index (χ3n) is 6.38. The molecule has 2 aliphatic rings. The van der Waals surface area contributed by atoms with E-state index in [9.17, 15) is 15.3 Å². The average Bonchev–Trinajstić information content (AvgIpc) is 3.15. The number of halogens is 1. The normalized spacial score (nSPS) is 22.3. The van der Waals surface area contributed by atoms with E-state index in [0.717, 1.165) is 16.8 Å². The average molecular weight is 437 g/mol. The third-order valence-corrected chi connectivity index (χ3v) is 6.63.